The van der Waals surface area contributed by atoms with E-state index in [4.69, 9.17) is 4.55 Å². The van der Waals surface area contributed by atoms with Gasteiger partial charge in [0.2, 0.25) is 0 Å². The number of hydrogen-bond donors (Lipinski definition) is 2. The molecule has 0 aliphatic carbocycles. The van der Waals surface area contributed by atoms with Crippen LogP contribution in [-0.4, -0.2) is 76.1 Å². The number of carbonyl (C=O) groups is 2. The van der Waals surface area contributed by atoms with Crippen LogP contribution in [0.4, 0.5) is 4.79 Å². The van der Waals surface area contributed by atoms with Crippen molar-refractivity contribution in [3.05, 3.63) is 0 Å². The molecule has 0 rings (SSSR count). The van der Waals surface area contributed by atoms with Crippen LogP contribution >= 0.6 is 0 Å². The Bertz CT molecular complexity index is 459. The molecule has 0 fully saturated rings. The zero-order valence-corrected chi connectivity index (χ0v) is 13.1. The first kappa shape index (κ1) is 20.6. The molecule has 1 unspecified atom stereocenters. The summed E-state index contributed by atoms with van der Waals surface area (Å²) in [5, 5.41) is 9.22. The molecule has 0 saturated carbocycles. The second-order valence-electron chi connectivity index (χ2n) is 4.52. The highest BCUT2D eigenvalue weighted by Crippen LogP contribution is 2.18. The van der Waals surface area contributed by atoms with Gasteiger partial charge in [0.15, 0.2) is 0 Å². The molecule has 0 radical (unpaired) electrons. The average Bonchev–Trinajstić information content (AvgIpc) is 2.43. The van der Waals surface area contributed by atoms with E-state index in [1.165, 1.54) is 14.0 Å². The first-order valence-electron chi connectivity index (χ1n) is 6.16. The molecule has 22 heavy (non-hydrogen) atoms. The molecule has 0 saturated heterocycles. The first-order valence-corrected chi connectivity index (χ1v) is 7.77. The maximum absolute atomic E-state index is 11.7. The van der Waals surface area contributed by atoms with E-state index in [2.05, 4.69) is 18.9 Å². The standard InChI is InChI=1S/C11H20O10S/c1-11(7-12,8-21-10(14)20-4-3-18-2)9(13)19-5-6-22(15,16)17/h12H,3-8H2,1-2H3,(H,15,16,17). The van der Waals surface area contributed by atoms with Crippen LogP contribution < -0.4 is 0 Å². The van der Waals surface area contributed by atoms with Crippen molar-refractivity contribution in [2.24, 2.45) is 5.41 Å². The molecular weight excluding hydrogens is 324 g/mol. The zero-order chi connectivity index (χ0) is 17.2. The van der Waals surface area contributed by atoms with Gasteiger partial charge in [-0.3, -0.25) is 9.35 Å². The molecule has 0 aliphatic rings. The fraction of sp³-hybridized carbons (Fsp3) is 0.818. The Morgan fingerprint density at radius 3 is 2.23 bits per heavy atom. The lowest BCUT2D eigenvalue weighted by molar-refractivity contribution is -0.160. The van der Waals surface area contributed by atoms with E-state index in [9.17, 15) is 23.1 Å². The molecule has 0 bridgehead atoms. The highest BCUT2D eigenvalue weighted by Gasteiger charge is 2.36. The van der Waals surface area contributed by atoms with Crippen LogP contribution in [0, 0.1) is 5.41 Å². The Kier molecular flexibility index (Phi) is 8.94. The highest BCUT2D eigenvalue weighted by atomic mass is 32.2. The quantitative estimate of drug-likeness (QED) is 0.294. The maximum atomic E-state index is 11.7. The summed E-state index contributed by atoms with van der Waals surface area (Å²) in [5.74, 6) is -1.76. The summed E-state index contributed by atoms with van der Waals surface area (Å²) in [5.41, 5.74) is -1.58. The second kappa shape index (κ2) is 9.56. The summed E-state index contributed by atoms with van der Waals surface area (Å²) in [6, 6.07) is 0. The monoisotopic (exact) mass is 344 g/mol. The third kappa shape index (κ3) is 8.77. The van der Waals surface area contributed by atoms with Crippen LogP contribution in [0.3, 0.4) is 0 Å². The van der Waals surface area contributed by atoms with Crippen molar-refractivity contribution >= 4 is 22.2 Å². The summed E-state index contributed by atoms with van der Waals surface area (Å²) in [6.45, 7) is -0.437. The number of methoxy groups -OCH3 is 1. The van der Waals surface area contributed by atoms with Crippen molar-refractivity contribution < 1.29 is 46.6 Å². The predicted octanol–water partition coefficient (Wildman–Crippen LogP) is -0.784. The normalized spacial score (nSPS) is 14.0. The maximum Gasteiger partial charge on any atom is 0.508 e. The van der Waals surface area contributed by atoms with Gasteiger partial charge < -0.3 is 24.1 Å². The molecule has 10 nitrogen and oxygen atoms in total. The Labute approximate surface area is 128 Å². The molecule has 0 heterocycles. The molecule has 1 atom stereocenters. The summed E-state index contributed by atoms with van der Waals surface area (Å²) >= 11 is 0. The third-order valence-corrected chi connectivity index (χ3v) is 3.11. The molecule has 0 aromatic heterocycles. The summed E-state index contributed by atoms with van der Waals surface area (Å²) < 4.78 is 48.0. The van der Waals surface area contributed by atoms with E-state index in [0.29, 0.717) is 0 Å². The van der Waals surface area contributed by atoms with Crippen molar-refractivity contribution in [2.45, 2.75) is 6.92 Å². The molecule has 0 aromatic carbocycles. The van der Waals surface area contributed by atoms with Crippen molar-refractivity contribution in [1.82, 2.24) is 0 Å². The van der Waals surface area contributed by atoms with Crippen molar-refractivity contribution in [3.8, 4) is 0 Å². The zero-order valence-electron chi connectivity index (χ0n) is 12.3. The largest absolute Gasteiger partial charge is 0.508 e. The van der Waals surface area contributed by atoms with Gasteiger partial charge in [0.25, 0.3) is 10.1 Å². The summed E-state index contributed by atoms with van der Waals surface area (Å²) in [6.07, 6.45) is -1.05. The van der Waals surface area contributed by atoms with E-state index in [1.54, 1.807) is 0 Å². The van der Waals surface area contributed by atoms with E-state index in [0.717, 1.165) is 0 Å². The number of esters is 1. The lowest BCUT2D eigenvalue weighted by atomic mass is 9.93. The number of ether oxygens (including phenoxy) is 4. The van der Waals surface area contributed by atoms with Gasteiger partial charge in [-0.25, -0.2) is 4.79 Å². The lowest BCUT2D eigenvalue weighted by Gasteiger charge is -2.24. The molecule has 2 N–H and O–H groups in total. The first-order chi connectivity index (χ1) is 10.1. The van der Waals surface area contributed by atoms with Gasteiger partial charge >= 0.3 is 12.1 Å². The lowest BCUT2D eigenvalue weighted by Crippen LogP contribution is -2.39. The Morgan fingerprint density at radius 1 is 1.09 bits per heavy atom. The molecule has 11 heteroatoms. The van der Waals surface area contributed by atoms with Crippen LogP contribution in [0.15, 0.2) is 0 Å². The fourth-order valence-electron chi connectivity index (χ4n) is 1.05. The van der Waals surface area contributed by atoms with Crippen LogP contribution in [0.1, 0.15) is 6.92 Å². The van der Waals surface area contributed by atoms with Crippen LogP contribution in [-0.2, 0) is 33.9 Å². The fourth-order valence-corrected chi connectivity index (χ4v) is 1.35. The molecule has 0 amide bonds. The van der Waals surface area contributed by atoms with Gasteiger partial charge in [-0.2, -0.15) is 8.42 Å². The van der Waals surface area contributed by atoms with Crippen LogP contribution in [0.2, 0.25) is 0 Å². The molecule has 0 spiro atoms. The van der Waals surface area contributed by atoms with E-state index >= 15 is 0 Å². The summed E-state index contributed by atoms with van der Waals surface area (Å²) in [7, 11) is -2.85. The number of rotatable bonds is 10. The number of aliphatic hydroxyl groups is 1. The van der Waals surface area contributed by atoms with Gasteiger partial charge in [-0.1, -0.05) is 0 Å². The van der Waals surface area contributed by atoms with Crippen LogP contribution in [0.25, 0.3) is 0 Å². The van der Waals surface area contributed by atoms with Gasteiger partial charge in [0.1, 0.15) is 31.0 Å². The molecule has 130 valence electrons. The number of aliphatic hydroxyl groups excluding tert-OH is 1. The van der Waals surface area contributed by atoms with Crippen molar-refractivity contribution in [3.63, 3.8) is 0 Å². The van der Waals surface area contributed by atoms with E-state index in [1.807, 2.05) is 0 Å². The van der Waals surface area contributed by atoms with Gasteiger partial charge in [-0.15, -0.1) is 0 Å². The Balaban J connectivity index is 4.31. The Hall–Kier alpha value is -1.43. The minimum absolute atomic E-state index is 0.0377. The topological polar surface area (TPSA) is 146 Å². The predicted molar refractivity (Wildman–Crippen MR) is 71.7 cm³/mol. The minimum Gasteiger partial charge on any atom is -0.464 e. The Morgan fingerprint density at radius 2 is 1.73 bits per heavy atom. The highest BCUT2D eigenvalue weighted by molar-refractivity contribution is 7.85. The van der Waals surface area contributed by atoms with E-state index in [-0.39, 0.29) is 13.2 Å². The number of carbonyl (C=O) groups excluding carboxylic acids is 2. The molecule has 0 aliphatic heterocycles. The number of hydrogen-bond acceptors (Lipinski definition) is 9. The van der Waals surface area contributed by atoms with Crippen LogP contribution in [0.5, 0.6) is 0 Å². The molecule has 0 aromatic rings. The SMILES string of the molecule is COCCOC(=O)OCC(C)(CO)C(=O)OCCS(=O)(=O)O. The van der Waals surface area contributed by atoms with Crippen molar-refractivity contribution in [2.75, 3.05) is 45.9 Å². The van der Waals surface area contributed by atoms with Gasteiger partial charge in [0, 0.05) is 7.11 Å². The third-order valence-electron chi connectivity index (χ3n) is 2.43. The summed E-state index contributed by atoms with van der Waals surface area (Å²) in [4.78, 5) is 22.9. The molecular formula is C11H20O10S. The second-order valence-corrected chi connectivity index (χ2v) is 6.09. The smallest absolute Gasteiger partial charge is 0.464 e. The minimum atomic E-state index is -4.27. The van der Waals surface area contributed by atoms with Gasteiger partial charge in [0.05, 0.1) is 13.2 Å². The van der Waals surface area contributed by atoms with Crippen molar-refractivity contribution in [1.29, 1.82) is 0 Å². The van der Waals surface area contributed by atoms with E-state index < -0.39 is 53.2 Å². The van der Waals surface area contributed by atoms with Gasteiger partial charge in [-0.05, 0) is 6.92 Å². The average molecular weight is 344 g/mol.